The van der Waals surface area contributed by atoms with Crippen LogP contribution in [-0.4, -0.2) is 41.9 Å². The van der Waals surface area contributed by atoms with E-state index in [-0.39, 0.29) is 5.82 Å². The van der Waals surface area contributed by atoms with Crippen LogP contribution in [0.3, 0.4) is 0 Å². The summed E-state index contributed by atoms with van der Waals surface area (Å²) in [5.74, 6) is 0.271. The summed E-state index contributed by atoms with van der Waals surface area (Å²) in [6.45, 7) is 6.48. The van der Waals surface area contributed by atoms with Crippen molar-refractivity contribution in [2.24, 2.45) is 5.92 Å². The van der Waals surface area contributed by atoms with Gasteiger partial charge in [0.25, 0.3) is 0 Å². The second-order valence-electron chi connectivity index (χ2n) is 6.38. The summed E-state index contributed by atoms with van der Waals surface area (Å²) < 4.78 is 18.7. The standard InChI is InChI=1S/C17H26FNO2/c1-13(2)11-21-12-17(20)10-19(16-6-7-16)9-14-4-3-5-15(18)8-14/h3-5,8,13,16-17,20H,6-7,9-12H2,1-2H3. The maximum Gasteiger partial charge on any atom is 0.123 e. The molecule has 3 nitrogen and oxygen atoms in total. The first-order valence-corrected chi connectivity index (χ1v) is 7.79. The molecule has 1 aromatic carbocycles. The maximum absolute atomic E-state index is 13.3. The van der Waals surface area contributed by atoms with E-state index < -0.39 is 6.10 Å². The first-order valence-electron chi connectivity index (χ1n) is 7.79. The van der Waals surface area contributed by atoms with Crippen LogP contribution in [0.4, 0.5) is 4.39 Å². The largest absolute Gasteiger partial charge is 0.389 e. The van der Waals surface area contributed by atoms with Gasteiger partial charge in [0, 0.05) is 25.7 Å². The van der Waals surface area contributed by atoms with Crippen molar-refractivity contribution in [3.63, 3.8) is 0 Å². The van der Waals surface area contributed by atoms with Gasteiger partial charge in [-0.3, -0.25) is 4.90 Å². The zero-order valence-electron chi connectivity index (χ0n) is 13.0. The molecule has 1 aliphatic rings. The Labute approximate surface area is 126 Å². The Balaban J connectivity index is 1.82. The van der Waals surface area contributed by atoms with Crippen LogP contribution in [0.25, 0.3) is 0 Å². The van der Waals surface area contributed by atoms with Crippen LogP contribution in [0.1, 0.15) is 32.3 Å². The highest BCUT2D eigenvalue weighted by Gasteiger charge is 2.30. The second kappa shape index (κ2) is 7.87. The summed E-state index contributed by atoms with van der Waals surface area (Å²) in [5.41, 5.74) is 0.956. The quantitative estimate of drug-likeness (QED) is 0.760. The Morgan fingerprint density at radius 3 is 2.71 bits per heavy atom. The number of halogens is 1. The van der Waals surface area contributed by atoms with E-state index in [9.17, 15) is 9.50 Å². The fourth-order valence-corrected chi connectivity index (χ4v) is 2.42. The summed E-state index contributed by atoms with van der Waals surface area (Å²) >= 11 is 0. The third kappa shape index (κ3) is 6.12. The van der Waals surface area contributed by atoms with Crippen molar-refractivity contribution >= 4 is 0 Å². The Morgan fingerprint density at radius 1 is 1.33 bits per heavy atom. The fraction of sp³-hybridized carbons (Fsp3) is 0.647. The Kier molecular flexibility index (Phi) is 6.15. The highest BCUT2D eigenvalue weighted by molar-refractivity contribution is 5.16. The van der Waals surface area contributed by atoms with E-state index >= 15 is 0 Å². The van der Waals surface area contributed by atoms with E-state index in [1.807, 2.05) is 6.07 Å². The lowest BCUT2D eigenvalue weighted by atomic mass is 10.2. The molecule has 1 aromatic rings. The van der Waals surface area contributed by atoms with Gasteiger partial charge in [-0.2, -0.15) is 0 Å². The number of hydrogen-bond acceptors (Lipinski definition) is 3. The van der Waals surface area contributed by atoms with Gasteiger partial charge in [0.2, 0.25) is 0 Å². The van der Waals surface area contributed by atoms with Crippen molar-refractivity contribution in [2.45, 2.75) is 45.4 Å². The molecule has 1 unspecified atom stereocenters. The molecule has 2 rings (SSSR count). The molecule has 0 saturated heterocycles. The predicted molar refractivity (Wildman–Crippen MR) is 81.5 cm³/mol. The van der Waals surface area contributed by atoms with E-state index in [4.69, 9.17) is 4.74 Å². The van der Waals surface area contributed by atoms with Gasteiger partial charge in [0.1, 0.15) is 5.82 Å². The molecule has 1 aliphatic carbocycles. The lowest BCUT2D eigenvalue weighted by Crippen LogP contribution is -2.36. The molecular weight excluding hydrogens is 269 g/mol. The molecule has 0 heterocycles. The number of rotatable bonds is 9. The van der Waals surface area contributed by atoms with Crippen molar-refractivity contribution in [1.82, 2.24) is 4.90 Å². The first kappa shape index (κ1) is 16.4. The SMILES string of the molecule is CC(C)COCC(O)CN(Cc1cccc(F)c1)C1CC1. The molecular formula is C17H26FNO2. The molecule has 1 N–H and O–H groups in total. The summed E-state index contributed by atoms with van der Waals surface area (Å²) in [5, 5.41) is 10.1. The maximum atomic E-state index is 13.3. The molecule has 21 heavy (non-hydrogen) atoms. The van der Waals surface area contributed by atoms with Crippen molar-refractivity contribution in [1.29, 1.82) is 0 Å². The third-order valence-corrected chi connectivity index (χ3v) is 3.54. The second-order valence-corrected chi connectivity index (χ2v) is 6.38. The molecule has 118 valence electrons. The van der Waals surface area contributed by atoms with Crippen LogP contribution in [0.5, 0.6) is 0 Å². The minimum absolute atomic E-state index is 0.205. The highest BCUT2D eigenvalue weighted by atomic mass is 19.1. The summed E-state index contributed by atoms with van der Waals surface area (Å²) in [4.78, 5) is 2.23. The van der Waals surface area contributed by atoms with Crippen LogP contribution >= 0.6 is 0 Å². The summed E-state index contributed by atoms with van der Waals surface area (Å²) in [7, 11) is 0. The van der Waals surface area contributed by atoms with Crippen molar-refractivity contribution in [3.05, 3.63) is 35.6 Å². The summed E-state index contributed by atoms with van der Waals surface area (Å²) in [6, 6.07) is 7.21. The minimum atomic E-state index is -0.488. The number of aliphatic hydroxyl groups excluding tert-OH is 1. The van der Waals surface area contributed by atoms with Gasteiger partial charge in [-0.25, -0.2) is 4.39 Å². The Hall–Kier alpha value is -0.970. The number of benzene rings is 1. The van der Waals surface area contributed by atoms with E-state index in [0.717, 1.165) is 18.4 Å². The number of ether oxygens (including phenoxy) is 1. The van der Waals surface area contributed by atoms with Crippen LogP contribution in [-0.2, 0) is 11.3 Å². The average molecular weight is 295 g/mol. The van der Waals surface area contributed by atoms with Crippen molar-refractivity contribution < 1.29 is 14.2 Å². The van der Waals surface area contributed by atoms with Gasteiger partial charge in [-0.05, 0) is 36.5 Å². The average Bonchev–Trinajstić information content (AvgIpc) is 3.21. The molecule has 4 heteroatoms. The van der Waals surface area contributed by atoms with E-state index in [1.165, 1.54) is 6.07 Å². The molecule has 0 radical (unpaired) electrons. The smallest absolute Gasteiger partial charge is 0.123 e. The highest BCUT2D eigenvalue weighted by Crippen LogP contribution is 2.28. The summed E-state index contributed by atoms with van der Waals surface area (Å²) in [6.07, 6.45) is 1.84. The van der Waals surface area contributed by atoms with Gasteiger partial charge in [-0.15, -0.1) is 0 Å². The zero-order chi connectivity index (χ0) is 15.2. The molecule has 0 amide bonds. The molecule has 0 bridgehead atoms. The number of hydrogen-bond donors (Lipinski definition) is 1. The topological polar surface area (TPSA) is 32.7 Å². The monoisotopic (exact) mass is 295 g/mol. The lowest BCUT2D eigenvalue weighted by molar-refractivity contribution is 0.00547. The molecule has 1 fully saturated rings. The molecule has 0 aromatic heterocycles. The van der Waals surface area contributed by atoms with Crippen molar-refractivity contribution in [2.75, 3.05) is 19.8 Å². The van der Waals surface area contributed by atoms with Crippen molar-refractivity contribution in [3.8, 4) is 0 Å². The predicted octanol–water partition coefficient (Wildman–Crippen LogP) is 2.82. The van der Waals surface area contributed by atoms with E-state index in [2.05, 4.69) is 18.7 Å². The fourth-order valence-electron chi connectivity index (χ4n) is 2.42. The molecule has 0 aliphatic heterocycles. The molecule has 1 saturated carbocycles. The van der Waals surface area contributed by atoms with Gasteiger partial charge < -0.3 is 9.84 Å². The van der Waals surface area contributed by atoms with Crippen LogP contribution in [0, 0.1) is 11.7 Å². The van der Waals surface area contributed by atoms with Gasteiger partial charge >= 0.3 is 0 Å². The minimum Gasteiger partial charge on any atom is -0.389 e. The van der Waals surface area contributed by atoms with Crippen LogP contribution < -0.4 is 0 Å². The van der Waals surface area contributed by atoms with Crippen LogP contribution in [0.15, 0.2) is 24.3 Å². The van der Waals surface area contributed by atoms with Gasteiger partial charge in [0.05, 0.1) is 12.7 Å². The van der Waals surface area contributed by atoms with Gasteiger partial charge in [0.15, 0.2) is 0 Å². The molecule has 0 spiro atoms. The Morgan fingerprint density at radius 2 is 2.10 bits per heavy atom. The van der Waals surface area contributed by atoms with Crippen LogP contribution in [0.2, 0.25) is 0 Å². The normalized spacial score (nSPS) is 16.7. The Bertz CT molecular complexity index is 435. The van der Waals surface area contributed by atoms with Gasteiger partial charge in [-0.1, -0.05) is 26.0 Å². The number of aliphatic hydroxyl groups is 1. The first-order chi connectivity index (χ1) is 10.0. The van der Waals surface area contributed by atoms with E-state index in [0.29, 0.717) is 38.3 Å². The molecule has 1 atom stereocenters. The zero-order valence-corrected chi connectivity index (χ0v) is 13.0. The third-order valence-electron chi connectivity index (χ3n) is 3.54. The van der Waals surface area contributed by atoms with E-state index in [1.54, 1.807) is 12.1 Å². The number of nitrogens with zero attached hydrogens (tertiary/aromatic N) is 1. The lowest BCUT2D eigenvalue weighted by Gasteiger charge is -2.25.